The molecular formula is C17H14F3NO4. The van der Waals surface area contributed by atoms with E-state index >= 15 is 0 Å². The molecule has 0 aliphatic rings. The highest BCUT2D eigenvalue weighted by Crippen LogP contribution is 2.34. The largest absolute Gasteiger partial charge is 0.497 e. The van der Waals surface area contributed by atoms with Crippen LogP contribution in [-0.2, 0) is 10.9 Å². The van der Waals surface area contributed by atoms with Crippen molar-refractivity contribution in [3.8, 4) is 5.75 Å². The number of carbonyl (C=O) groups is 2. The fraction of sp³-hybridized carbons (Fsp3) is 0.176. The van der Waals surface area contributed by atoms with Gasteiger partial charge in [-0.15, -0.1) is 0 Å². The molecule has 1 amide bonds. The predicted octanol–water partition coefficient (Wildman–Crippen LogP) is 3.75. The van der Waals surface area contributed by atoms with E-state index in [1.807, 2.05) is 0 Å². The molecule has 0 unspecified atom stereocenters. The number of alkyl halides is 3. The Morgan fingerprint density at radius 2 is 1.64 bits per heavy atom. The fourth-order valence-corrected chi connectivity index (χ4v) is 2.09. The van der Waals surface area contributed by atoms with Crippen LogP contribution in [0.25, 0.3) is 0 Å². The molecule has 2 aromatic carbocycles. The Bertz CT molecular complexity index is 785. The summed E-state index contributed by atoms with van der Waals surface area (Å²) in [5, 5.41) is 2.36. The summed E-state index contributed by atoms with van der Waals surface area (Å²) in [6, 6.07) is 8.63. The molecule has 0 aliphatic carbocycles. The van der Waals surface area contributed by atoms with E-state index in [4.69, 9.17) is 4.74 Å². The maximum Gasteiger partial charge on any atom is 0.417 e. The van der Waals surface area contributed by atoms with Crippen LogP contribution < -0.4 is 10.1 Å². The van der Waals surface area contributed by atoms with Crippen LogP contribution in [-0.4, -0.2) is 26.1 Å². The van der Waals surface area contributed by atoms with Crippen molar-refractivity contribution in [3.63, 3.8) is 0 Å². The van der Waals surface area contributed by atoms with Gasteiger partial charge in [0.1, 0.15) is 5.75 Å². The molecule has 8 heteroatoms. The molecule has 0 heterocycles. The molecule has 0 spiro atoms. The van der Waals surface area contributed by atoms with Crippen LogP contribution in [0, 0.1) is 0 Å². The molecule has 1 N–H and O–H groups in total. The number of esters is 1. The molecule has 0 bridgehead atoms. The van der Waals surface area contributed by atoms with E-state index in [-0.39, 0.29) is 17.0 Å². The van der Waals surface area contributed by atoms with Crippen molar-refractivity contribution in [2.75, 3.05) is 19.5 Å². The molecule has 0 aromatic heterocycles. The highest BCUT2D eigenvalue weighted by Gasteiger charge is 2.35. The van der Waals surface area contributed by atoms with Crippen molar-refractivity contribution in [3.05, 3.63) is 59.2 Å². The summed E-state index contributed by atoms with van der Waals surface area (Å²) in [5.41, 5.74) is -1.15. The summed E-state index contributed by atoms with van der Waals surface area (Å²) in [7, 11) is 2.46. The summed E-state index contributed by atoms with van der Waals surface area (Å²) in [6.45, 7) is 0. The molecule has 0 atom stereocenters. The Kier molecular flexibility index (Phi) is 5.31. The van der Waals surface area contributed by atoms with Crippen LogP contribution in [0.2, 0.25) is 0 Å². The van der Waals surface area contributed by atoms with Gasteiger partial charge in [-0.05, 0) is 42.5 Å². The lowest BCUT2D eigenvalue weighted by Gasteiger charge is -2.14. The number of halogens is 3. The molecule has 0 fully saturated rings. The zero-order valence-corrected chi connectivity index (χ0v) is 13.3. The fourth-order valence-electron chi connectivity index (χ4n) is 2.09. The highest BCUT2D eigenvalue weighted by molar-refractivity contribution is 6.05. The lowest BCUT2D eigenvalue weighted by atomic mass is 10.1. The first-order valence-corrected chi connectivity index (χ1v) is 7.01. The van der Waals surface area contributed by atoms with Gasteiger partial charge in [0.2, 0.25) is 0 Å². The van der Waals surface area contributed by atoms with Gasteiger partial charge in [0.05, 0.1) is 30.9 Å². The quantitative estimate of drug-likeness (QED) is 0.850. The van der Waals surface area contributed by atoms with Crippen LogP contribution >= 0.6 is 0 Å². The van der Waals surface area contributed by atoms with Crippen molar-refractivity contribution < 1.29 is 32.2 Å². The van der Waals surface area contributed by atoms with Gasteiger partial charge in [0, 0.05) is 5.69 Å². The monoisotopic (exact) mass is 353 g/mol. The first kappa shape index (κ1) is 18.3. The first-order chi connectivity index (χ1) is 11.8. The van der Waals surface area contributed by atoms with Gasteiger partial charge < -0.3 is 14.8 Å². The van der Waals surface area contributed by atoms with Crippen molar-refractivity contribution >= 4 is 17.6 Å². The van der Waals surface area contributed by atoms with Gasteiger partial charge in [-0.2, -0.15) is 13.2 Å². The standard InChI is InChI=1S/C17H14F3NO4/c1-24-12-7-8-13(14(9-12)17(18,19)20)15(22)21-11-5-3-10(4-6-11)16(23)25-2/h3-9H,1-2H3,(H,21,22). The smallest absolute Gasteiger partial charge is 0.417 e. The zero-order valence-electron chi connectivity index (χ0n) is 13.3. The Labute approximate surface area is 141 Å². The molecule has 0 radical (unpaired) electrons. The van der Waals surface area contributed by atoms with Crippen molar-refractivity contribution in [1.29, 1.82) is 0 Å². The summed E-state index contributed by atoms with van der Waals surface area (Å²) in [5.74, 6) is -1.50. The molecule has 0 aliphatic heterocycles. The summed E-state index contributed by atoms with van der Waals surface area (Å²) < 4.78 is 48.8. The Morgan fingerprint density at radius 3 is 2.16 bits per heavy atom. The Hall–Kier alpha value is -3.03. The number of amides is 1. The molecule has 5 nitrogen and oxygen atoms in total. The molecule has 0 saturated heterocycles. The average molecular weight is 353 g/mol. The van der Waals surface area contributed by atoms with E-state index in [9.17, 15) is 22.8 Å². The molecule has 25 heavy (non-hydrogen) atoms. The minimum absolute atomic E-state index is 0.00805. The van der Waals surface area contributed by atoms with Gasteiger partial charge in [-0.3, -0.25) is 4.79 Å². The van der Waals surface area contributed by atoms with Crippen LogP contribution in [0.5, 0.6) is 5.75 Å². The topological polar surface area (TPSA) is 64.6 Å². The van der Waals surface area contributed by atoms with Gasteiger partial charge in [0.25, 0.3) is 5.91 Å². The van der Waals surface area contributed by atoms with Gasteiger partial charge in [-0.1, -0.05) is 0 Å². The summed E-state index contributed by atoms with van der Waals surface area (Å²) >= 11 is 0. The molecule has 132 valence electrons. The van der Waals surface area contributed by atoms with Crippen LogP contribution in [0.15, 0.2) is 42.5 Å². The van der Waals surface area contributed by atoms with E-state index in [0.29, 0.717) is 0 Å². The number of benzene rings is 2. The number of ether oxygens (including phenoxy) is 2. The minimum atomic E-state index is -4.71. The maximum atomic E-state index is 13.2. The number of hydrogen-bond donors (Lipinski definition) is 1. The number of methoxy groups -OCH3 is 2. The third kappa shape index (κ3) is 4.28. The number of hydrogen-bond acceptors (Lipinski definition) is 4. The van der Waals surface area contributed by atoms with Gasteiger partial charge in [0.15, 0.2) is 0 Å². The number of carbonyl (C=O) groups excluding carboxylic acids is 2. The van der Waals surface area contributed by atoms with E-state index in [2.05, 4.69) is 10.1 Å². The maximum absolute atomic E-state index is 13.2. The number of anilines is 1. The van der Waals surface area contributed by atoms with Gasteiger partial charge in [-0.25, -0.2) is 4.79 Å². The van der Waals surface area contributed by atoms with Crippen LogP contribution in [0.3, 0.4) is 0 Å². The van der Waals surface area contributed by atoms with Crippen LogP contribution in [0.1, 0.15) is 26.3 Å². The Balaban J connectivity index is 2.27. The van der Waals surface area contributed by atoms with Crippen LogP contribution in [0.4, 0.5) is 18.9 Å². The van der Waals surface area contributed by atoms with E-state index < -0.39 is 29.2 Å². The number of nitrogens with one attached hydrogen (secondary N) is 1. The molecular weight excluding hydrogens is 339 g/mol. The highest BCUT2D eigenvalue weighted by atomic mass is 19.4. The van der Waals surface area contributed by atoms with Gasteiger partial charge >= 0.3 is 12.1 Å². The lowest BCUT2D eigenvalue weighted by Crippen LogP contribution is -2.19. The SMILES string of the molecule is COC(=O)c1ccc(NC(=O)c2ccc(OC)cc2C(F)(F)F)cc1. The minimum Gasteiger partial charge on any atom is -0.497 e. The normalized spacial score (nSPS) is 10.9. The van der Waals surface area contributed by atoms with E-state index in [0.717, 1.165) is 12.1 Å². The van der Waals surface area contributed by atoms with E-state index in [1.54, 1.807) is 0 Å². The van der Waals surface area contributed by atoms with Crippen molar-refractivity contribution in [2.24, 2.45) is 0 Å². The number of rotatable bonds is 4. The summed E-state index contributed by atoms with van der Waals surface area (Å²) in [4.78, 5) is 23.6. The summed E-state index contributed by atoms with van der Waals surface area (Å²) in [6.07, 6.45) is -4.71. The lowest BCUT2D eigenvalue weighted by molar-refractivity contribution is -0.138. The molecule has 0 saturated carbocycles. The molecule has 2 aromatic rings. The second-order valence-corrected chi connectivity index (χ2v) is 4.93. The third-order valence-electron chi connectivity index (χ3n) is 3.34. The predicted molar refractivity (Wildman–Crippen MR) is 83.7 cm³/mol. The Morgan fingerprint density at radius 1 is 1.00 bits per heavy atom. The third-order valence-corrected chi connectivity index (χ3v) is 3.34. The molecule has 2 rings (SSSR count). The van der Waals surface area contributed by atoms with E-state index in [1.165, 1.54) is 44.6 Å². The van der Waals surface area contributed by atoms with Crippen molar-refractivity contribution in [1.82, 2.24) is 0 Å². The second kappa shape index (κ2) is 7.25. The second-order valence-electron chi connectivity index (χ2n) is 4.93. The zero-order chi connectivity index (χ0) is 18.6. The average Bonchev–Trinajstić information content (AvgIpc) is 2.60. The first-order valence-electron chi connectivity index (χ1n) is 7.01. The van der Waals surface area contributed by atoms with Crippen molar-refractivity contribution in [2.45, 2.75) is 6.18 Å².